The molecule has 4 aliphatic rings. The van der Waals surface area contributed by atoms with Crippen LogP contribution in [0.1, 0.15) is 87.5 Å². The third-order valence-corrected chi connectivity index (χ3v) is 10.3. The predicted octanol–water partition coefficient (Wildman–Crippen LogP) is 5.66. The number of carbonyl (C=O) groups is 4. The summed E-state index contributed by atoms with van der Waals surface area (Å²) in [5, 5.41) is 0. The fourth-order valence-corrected chi connectivity index (χ4v) is 8.43. The number of ether oxygens (including phenoxy) is 2. The van der Waals surface area contributed by atoms with Crippen molar-refractivity contribution in [2.24, 2.45) is 33.5 Å². The first-order chi connectivity index (χ1) is 16.6. The number of Topliss-reactive ketones (excluding diaryl/α,β-unsaturated/α-hetero) is 2. The average Bonchev–Trinajstić information content (AvgIpc) is 3.02. The van der Waals surface area contributed by atoms with Crippen molar-refractivity contribution in [3.05, 3.63) is 35.1 Å². The molecule has 0 bridgehead atoms. The van der Waals surface area contributed by atoms with E-state index in [4.69, 9.17) is 9.47 Å². The minimum atomic E-state index is -0.810. The average molecular weight is 497 g/mol. The molecule has 0 aliphatic heterocycles. The van der Waals surface area contributed by atoms with E-state index < -0.39 is 39.7 Å². The first-order valence-electron chi connectivity index (χ1n) is 13.1. The van der Waals surface area contributed by atoms with E-state index >= 15 is 0 Å². The SMILES string of the molecule is C=C[C@@H](C)[C@H]1CC[C@@]2(C)C3=C(C(=O)C[C@]12C)[C@@]1(C)CC[C@H](OC(C)=O)C(C)(C)C1=C(OC(C)=O)C3=O. The Bertz CT molecular complexity index is 1140. The van der Waals surface area contributed by atoms with Gasteiger partial charge in [0.25, 0.3) is 0 Å². The molecule has 0 aromatic rings. The molecule has 0 spiro atoms. The van der Waals surface area contributed by atoms with Gasteiger partial charge in [-0.1, -0.05) is 47.6 Å². The molecule has 0 amide bonds. The number of rotatable bonds is 4. The van der Waals surface area contributed by atoms with E-state index in [2.05, 4.69) is 27.4 Å². The Morgan fingerprint density at radius 3 is 2.19 bits per heavy atom. The number of ketones is 2. The third-order valence-electron chi connectivity index (χ3n) is 10.3. The minimum absolute atomic E-state index is 0.00472. The van der Waals surface area contributed by atoms with Crippen LogP contribution in [0.25, 0.3) is 0 Å². The van der Waals surface area contributed by atoms with E-state index in [-0.39, 0.29) is 29.2 Å². The molecule has 0 saturated heterocycles. The van der Waals surface area contributed by atoms with Crippen molar-refractivity contribution >= 4 is 23.5 Å². The maximum absolute atomic E-state index is 14.4. The van der Waals surface area contributed by atoms with E-state index in [1.54, 1.807) is 0 Å². The van der Waals surface area contributed by atoms with E-state index in [0.29, 0.717) is 36.0 Å². The van der Waals surface area contributed by atoms with Crippen LogP contribution in [0.4, 0.5) is 0 Å². The highest BCUT2D eigenvalue weighted by atomic mass is 16.5. The van der Waals surface area contributed by atoms with Crippen LogP contribution >= 0.6 is 0 Å². The zero-order valence-electron chi connectivity index (χ0n) is 23.0. The zero-order valence-corrected chi connectivity index (χ0v) is 23.0. The number of carbonyl (C=O) groups excluding carboxylic acids is 4. The summed E-state index contributed by atoms with van der Waals surface area (Å²) in [4.78, 5) is 52.7. The Labute approximate surface area is 214 Å². The molecule has 36 heavy (non-hydrogen) atoms. The molecule has 196 valence electrons. The van der Waals surface area contributed by atoms with E-state index in [1.165, 1.54) is 13.8 Å². The van der Waals surface area contributed by atoms with Gasteiger partial charge in [-0.25, -0.2) is 0 Å². The molecule has 0 N–H and O–H groups in total. The number of esters is 2. The summed E-state index contributed by atoms with van der Waals surface area (Å²) in [6, 6.07) is 0. The second kappa shape index (κ2) is 8.26. The zero-order chi connectivity index (χ0) is 27.0. The third kappa shape index (κ3) is 3.35. The molecular weight excluding hydrogens is 456 g/mol. The van der Waals surface area contributed by atoms with Crippen LogP contribution in [0.15, 0.2) is 35.1 Å². The van der Waals surface area contributed by atoms with Crippen LogP contribution in [-0.4, -0.2) is 29.6 Å². The topological polar surface area (TPSA) is 86.7 Å². The van der Waals surface area contributed by atoms with Crippen LogP contribution in [0.3, 0.4) is 0 Å². The molecule has 2 fully saturated rings. The standard InChI is InChI=1S/C30H40O6/c1-10-16(2)19-11-14-29(8)23-22(20(33)15-30(19,29)9)28(7)13-12-21(35-17(3)31)27(5,6)26(28)25(24(23)34)36-18(4)32/h10,16,19,21H,1,11-15H2,2-9H3/t16-,19-,21+,28-,29+,30-/m1/s1. The van der Waals surface area contributed by atoms with Gasteiger partial charge in [-0.3, -0.25) is 19.2 Å². The molecule has 0 radical (unpaired) electrons. The Morgan fingerprint density at radius 1 is 1.00 bits per heavy atom. The van der Waals surface area contributed by atoms with E-state index in [9.17, 15) is 19.2 Å². The molecule has 2 saturated carbocycles. The van der Waals surface area contributed by atoms with Gasteiger partial charge in [0.05, 0.1) is 0 Å². The van der Waals surface area contributed by atoms with Gasteiger partial charge in [-0.15, -0.1) is 6.58 Å². The van der Waals surface area contributed by atoms with E-state index in [1.807, 2.05) is 26.8 Å². The van der Waals surface area contributed by atoms with Gasteiger partial charge >= 0.3 is 11.9 Å². The predicted molar refractivity (Wildman–Crippen MR) is 135 cm³/mol. The second-order valence-corrected chi connectivity index (χ2v) is 12.7. The molecule has 4 aliphatic carbocycles. The Balaban J connectivity index is 1.98. The Morgan fingerprint density at radius 2 is 1.64 bits per heavy atom. The largest absolute Gasteiger partial charge is 0.462 e. The van der Waals surface area contributed by atoms with Gasteiger partial charge in [0.15, 0.2) is 11.5 Å². The van der Waals surface area contributed by atoms with Crippen molar-refractivity contribution in [1.82, 2.24) is 0 Å². The van der Waals surface area contributed by atoms with Crippen molar-refractivity contribution in [3.8, 4) is 0 Å². The lowest BCUT2D eigenvalue weighted by Gasteiger charge is -2.58. The molecule has 6 nitrogen and oxygen atoms in total. The molecule has 0 unspecified atom stereocenters. The first kappa shape index (κ1) is 26.6. The first-order valence-corrected chi connectivity index (χ1v) is 13.1. The monoisotopic (exact) mass is 496 g/mol. The van der Waals surface area contributed by atoms with Crippen LogP contribution in [0.5, 0.6) is 0 Å². The smallest absolute Gasteiger partial charge is 0.308 e. The van der Waals surface area contributed by atoms with Gasteiger partial charge in [0, 0.05) is 47.7 Å². The van der Waals surface area contributed by atoms with Gasteiger partial charge in [0.1, 0.15) is 6.10 Å². The van der Waals surface area contributed by atoms with Crippen LogP contribution in [-0.2, 0) is 28.7 Å². The number of hydrogen-bond donors (Lipinski definition) is 0. The highest BCUT2D eigenvalue weighted by Crippen LogP contribution is 2.71. The summed E-state index contributed by atoms with van der Waals surface area (Å²) >= 11 is 0. The van der Waals surface area contributed by atoms with Crippen molar-refractivity contribution in [1.29, 1.82) is 0 Å². The highest BCUT2D eigenvalue weighted by molar-refractivity contribution is 6.18. The molecule has 4 rings (SSSR count). The second-order valence-electron chi connectivity index (χ2n) is 12.7. The van der Waals surface area contributed by atoms with Gasteiger partial charge in [-0.2, -0.15) is 0 Å². The summed E-state index contributed by atoms with van der Waals surface area (Å²) in [5.74, 6) is -0.899. The number of fused-ring (bicyclic) bond motifs is 4. The van der Waals surface area contributed by atoms with Gasteiger partial charge in [0.2, 0.25) is 5.78 Å². The Hall–Kier alpha value is -2.50. The summed E-state index contributed by atoms with van der Waals surface area (Å²) in [7, 11) is 0. The maximum atomic E-state index is 14.4. The summed E-state index contributed by atoms with van der Waals surface area (Å²) < 4.78 is 11.4. The lowest BCUT2D eigenvalue weighted by atomic mass is 9.45. The van der Waals surface area contributed by atoms with E-state index in [0.717, 1.165) is 12.8 Å². The lowest BCUT2D eigenvalue weighted by molar-refractivity contribution is -0.155. The van der Waals surface area contributed by atoms with Crippen molar-refractivity contribution in [3.63, 3.8) is 0 Å². The van der Waals surface area contributed by atoms with Crippen LogP contribution in [0, 0.1) is 33.5 Å². The van der Waals surface area contributed by atoms with Crippen molar-refractivity contribution in [2.75, 3.05) is 0 Å². The summed E-state index contributed by atoms with van der Waals surface area (Å²) in [5.41, 5.74) is -0.838. The highest BCUT2D eigenvalue weighted by Gasteiger charge is 2.67. The lowest BCUT2D eigenvalue weighted by Crippen LogP contribution is -2.56. The molecule has 6 atom stereocenters. The van der Waals surface area contributed by atoms with Gasteiger partial charge < -0.3 is 9.47 Å². The normalized spacial score (nSPS) is 38.1. The van der Waals surface area contributed by atoms with Crippen molar-refractivity contribution in [2.45, 2.75) is 93.6 Å². The fraction of sp³-hybridized carbons (Fsp3) is 0.667. The number of allylic oxidation sites excluding steroid dienone is 3. The molecular formula is C30H40O6. The Kier molecular flexibility index (Phi) is 6.09. The molecule has 0 heterocycles. The number of hydrogen-bond acceptors (Lipinski definition) is 6. The molecule has 0 aromatic carbocycles. The van der Waals surface area contributed by atoms with Crippen LogP contribution < -0.4 is 0 Å². The summed E-state index contributed by atoms with van der Waals surface area (Å²) in [6.45, 7) is 18.9. The molecule has 0 aromatic heterocycles. The quantitative estimate of drug-likeness (QED) is 0.369. The summed E-state index contributed by atoms with van der Waals surface area (Å²) in [6.07, 6.45) is 4.56. The van der Waals surface area contributed by atoms with Crippen LogP contribution in [0.2, 0.25) is 0 Å². The maximum Gasteiger partial charge on any atom is 0.308 e. The van der Waals surface area contributed by atoms with Gasteiger partial charge in [-0.05, 0) is 48.5 Å². The molecule has 6 heteroatoms. The fourth-order valence-electron chi connectivity index (χ4n) is 8.43. The van der Waals surface area contributed by atoms with Crippen molar-refractivity contribution < 1.29 is 28.7 Å². The minimum Gasteiger partial charge on any atom is -0.462 e.